The van der Waals surface area contributed by atoms with Gasteiger partial charge in [0.1, 0.15) is 5.01 Å². The van der Waals surface area contributed by atoms with E-state index in [0.29, 0.717) is 5.92 Å². The molecule has 3 nitrogen and oxygen atoms in total. The van der Waals surface area contributed by atoms with Crippen molar-refractivity contribution in [3.05, 3.63) is 16.1 Å². The zero-order chi connectivity index (χ0) is 12.5. The van der Waals surface area contributed by atoms with E-state index in [2.05, 4.69) is 36.5 Å². The van der Waals surface area contributed by atoms with Crippen molar-refractivity contribution in [3.63, 3.8) is 0 Å². The average Bonchev–Trinajstić information content (AvgIpc) is 2.63. The first-order valence-corrected chi connectivity index (χ1v) is 7.17. The molecule has 2 N–H and O–H groups in total. The van der Waals surface area contributed by atoms with Crippen LogP contribution in [0.5, 0.6) is 0 Å². The summed E-state index contributed by atoms with van der Waals surface area (Å²) in [5.74, 6) is 0.659. The van der Waals surface area contributed by atoms with Crippen LogP contribution in [-0.4, -0.2) is 22.7 Å². The molecule has 96 valence electrons. The normalized spacial score (nSPS) is 24.7. The Hall–Kier alpha value is -0.450. The fourth-order valence-corrected chi connectivity index (χ4v) is 2.98. The molecule has 0 saturated heterocycles. The lowest BCUT2D eigenvalue weighted by molar-refractivity contribution is 0.0430. The molecule has 1 aliphatic carbocycles. The van der Waals surface area contributed by atoms with Gasteiger partial charge in [-0.05, 0) is 25.3 Å². The van der Waals surface area contributed by atoms with E-state index >= 15 is 0 Å². The van der Waals surface area contributed by atoms with Gasteiger partial charge in [0.15, 0.2) is 0 Å². The smallest absolute Gasteiger partial charge is 0.107 e. The third-order valence-electron chi connectivity index (χ3n) is 3.24. The van der Waals surface area contributed by atoms with Crippen molar-refractivity contribution in [2.24, 2.45) is 5.92 Å². The molecule has 17 heavy (non-hydrogen) atoms. The summed E-state index contributed by atoms with van der Waals surface area (Å²) in [7, 11) is 0. The third-order valence-corrected chi connectivity index (χ3v) is 4.09. The van der Waals surface area contributed by atoms with Gasteiger partial charge < -0.3 is 10.4 Å². The predicted octanol–water partition coefficient (Wildman–Crippen LogP) is 2.30. The van der Waals surface area contributed by atoms with Crippen molar-refractivity contribution >= 4 is 11.3 Å². The van der Waals surface area contributed by atoms with E-state index in [1.807, 2.05) is 0 Å². The topological polar surface area (TPSA) is 45.1 Å². The second-order valence-electron chi connectivity index (χ2n) is 6.00. The van der Waals surface area contributed by atoms with E-state index in [1.54, 1.807) is 11.3 Å². The van der Waals surface area contributed by atoms with Gasteiger partial charge >= 0.3 is 0 Å². The van der Waals surface area contributed by atoms with Crippen LogP contribution in [0.3, 0.4) is 0 Å². The van der Waals surface area contributed by atoms with E-state index in [4.69, 9.17) is 0 Å². The molecule has 1 heterocycles. The SMILES string of the molecule is CC(C)(C)c1csc(CNCC2CC(O)C2)n1. The van der Waals surface area contributed by atoms with E-state index in [9.17, 15) is 5.11 Å². The lowest BCUT2D eigenvalue weighted by atomic mass is 9.82. The number of thiazole rings is 1. The molecule has 4 heteroatoms. The molecule has 1 saturated carbocycles. The summed E-state index contributed by atoms with van der Waals surface area (Å²) in [5.41, 5.74) is 1.32. The summed E-state index contributed by atoms with van der Waals surface area (Å²) >= 11 is 1.73. The summed E-state index contributed by atoms with van der Waals surface area (Å²) in [6, 6.07) is 0. The molecule has 0 unspecified atom stereocenters. The number of aromatic nitrogens is 1. The Labute approximate surface area is 107 Å². The fraction of sp³-hybridized carbons (Fsp3) is 0.769. The maximum atomic E-state index is 9.19. The van der Waals surface area contributed by atoms with E-state index in [0.717, 1.165) is 30.9 Å². The van der Waals surface area contributed by atoms with E-state index in [-0.39, 0.29) is 11.5 Å². The number of aliphatic hydroxyl groups excluding tert-OH is 1. The fourth-order valence-electron chi connectivity index (χ4n) is 1.99. The minimum absolute atomic E-state index is 0.0471. The Morgan fingerprint density at radius 3 is 2.71 bits per heavy atom. The Bertz CT molecular complexity index is 364. The van der Waals surface area contributed by atoms with Crippen LogP contribution in [0.25, 0.3) is 0 Å². The van der Waals surface area contributed by atoms with Crippen molar-refractivity contribution in [2.75, 3.05) is 6.54 Å². The van der Waals surface area contributed by atoms with Crippen molar-refractivity contribution in [1.82, 2.24) is 10.3 Å². The number of rotatable bonds is 4. The highest BCUT2D eigenvalue weighted by atomic mass is 32.1. The third kappa shape index (κ3) is 3.50. The molecule has 2 rings (SSSR count). The number of hydrogen-bond acceptors (Lipinski definition) is 4. The standard InChI is InChI=1S/C13H22N2OS/c1-13(2,3)11-8-17-12(15-11)7-14-6-9-4-10(16)5-9/h8-10,14,16H,4-7H2,1-3H3. The van der Waals surface area contributed by atoms with Crippen LogP contribution in [0.4, 0.5) is 0 Å². The van der Waals surface area contributed by atoms with Gasteiger partial charge in [0.25, 0.3) is 0 Å². The number of hydrogen-bond donors (Lipinski definition) is 2. The lowest BCUT2D eigenvalue weighted by Crippen LogP contribution is -2.35. The molecule has 0 radical (unpaired) electrons. The van der Waals surface area contributed by atoms with Crippen LogP contribution in [0, 0.1) is 5.92 Å². The van der Waals surface area contributed by atoms with E-state index in [1.165, 1.54) is 5.69 Å². The van der Waals surface area contributed by atoms with Crippen LogP contribution in [0.1, 0.15) is 44.3 Å². The van der Waals surface area contributed by atoms with Crippen molar-refractivity contribution in [1.29, 1.82) is 0 Å². The Kier molecular flexibility index (Phi) is 3.85. The van der Waals surface area contributed by atoms with Gasteiger partial charge in [-0.1, -0.05) is 20.8 Å². The van der Waals surface area contributed by atoms with Crippen LogP contribution < -0.4 is 5.32 Å². The molecular weight excluding hydrogens is 232 g/mol. The average molecular weight is 254 g/mol. The summed E-state index contributed by atoms with van der Waals surface area (Å²) in [6.07, 6.45) is 1.87. The maximum absolute atomic E-state index is 9.19. The van der Waals surface area contributed by atoms with E-state index < -0.39 is 0 Å². The Balaban J connectivity index is 1.74. The highest BCUT2D eigenvalue weighted by Gasteiger charge is 2.26. The second-order valence-corrected chi connectivity index (χ2v) is 6.94. The number of aliphatic hydroxyl groups is 1. The molecule has 1 aromatic rings. The molecule has 1 aromatic heterocycles. The zero-order valence-corrected chi connectivity index (χ0v) is 11.7. The van der Waals surface area contributed by atoms with Gasteiger partial charge in [-0.15, -0.1) is 11.3 Å². The highest BCUT2D eigenvalue weighted by molar-refractivity contribution is 7.09. The first-order chi connectivity index (χ1) is 7.95. The molecule has 0 aliphatic heterocycles. The van der Waals surface area contributed by atoms with Crippen molar-refractivity contribution < 1.29 is 5.11 Å². The molecule has 0 amide bonds. The highest BCUT2D eigenvalue weighted by Crippen LogP contribution is 2.26. The van der Waals surface area contributed by atoms with Gasteiger partial charge in [-0.3, -0.25) is 0 Å². The largest absolute Gasteiger partial charge is 0.393 e. The molecule has 0 atom stereocenters. The van der Waals surface area contributed by atoms with Crippen molar-refractivity contribution in [2.45, 2.75) is 51.7 Å². The monoisotopic (exact) mass is 254 g/mol. The molecule has 0 bridgehead atoms. The van der Waals surface area contributed by atoms with Crippen LogP contribution in [0.2, 0.25) is 0 Å². The lowest BCUT2D eigenvalue weighted by Gasteiger charge is -2.31. The Morgan fingerprint density at radius 2 is 2.18 bits per heavy atom. The Morgan fingerprint density at radius 1 is 1.47 bits per heavy atom. The van der Waals surface area contributed by atoms with Gasteiger partial charge in [-0.25, -0.2) is 4.98 Å². The van der Waals surface area contributed by atoms with Gasteiger partial charge in [-0.2, -0.15) is 0 Å². The van der Waals surface area contributed by atoms with Gasteiger partial charge in [0, 0.05) is 17.3 Å². The summed E-state index contributed by atoms with van der Waals surface area (Å²) in [6.45, 7) is 8.42. The van der Waals surface area contributed by atoms with Crippen molar-refractivity contribution in [3.8, 4) is 0 Å². The van der Waals surface area contributed by atoms with Crippen LogP contribution in [-0.2, 0) is 12.0 Å². The molecular formula is C13H22N2OS. The van der Waals surface area contributed by atoms with Crippen LogP contribution in [0.15, 0.2) is 5.38 Å². The maximum Gasteiger partial charge on any atom is 0.107 e. The second kappa shape index (κ2) is 5.04. The first-order valence-electron chi connectivity index (χ1n) is 6.29. The quantitative estimate of drug-likeness (QED) is 0.866. The minimum Gasteiger partial charge on any atom is -0.393 e. The van der Waals surface area contributed by atoms with Gasteiger partial charge in [0.05, 0.1) is 11.8 Å². The summed E-state index contributed by atoms with van der Waals surface area (Å²) in [4.78, 5) is 4.64. The minimum atomic E-state index is -0.0471. The predicted molar refractivity (Wildman–Crippen MR) is 71.3 cm³/mol. The summed E-state index contributed by atoms with van der Waals surface area (Å²) < 4.78 is 0. The molecule has 1 fully saturated rings. The molecule has 1 aliphatic rings. The first kappa shape index (κ1) is 13.0. The summed E-state index contributed by atoms with van der Waals surface area (Å²) in [5, 5.41) is 15.9. The molecule has 0 spiro atoms. The zero-order valence-electron chi connectivity index (χ0n) is 10.9. The van der Waals surface area contributed by atoms with Crippen LogP contribution >= 0.6 is 11.3 Å². The van der Waals surface area contributed by atoms with Gasteiger partial charge in [0.2, 0.25) is 0 Å². The number of nitrogens with zero attached hydrogens (tertiary/aromatic N) is 1. The number of nitrogens with one attached hydrogen (secondary N) is 1. The molecule has 0 aromatic carbocycles.